The lowest BCUT2D eigenvalue weighted by Crippen LogP contribution is -2.35. The Balaban J connectivity index is 1.13. The molecule has 6 heteroatoms. The van der Waals surface area contributed by atoms with E-state index in [4.69, 9.17) is 0 Å². The van der Waals surface area contributed by atoms with Crippen LogP contribution in [0.1, 0.15) is 28.8 Å². The highest BCUT2D eigenvalue weighted by atomic mass is 16.2. The minimum atomic E-state index is -0.290. The second-order valence-corrected chi connectivity index (χ2v) is 8.76. The monoisotopic (exact) mass is 412 g/mol. The van der Waals surface area contributed by atoms with E-state index in [0.717, 1.165) is 17.5 Å². The van der Waals surface area contributed by atoms with Crippen molar-refractivity contribution in [3.8, 4) is 11.1 Å². The van der Waals surface area contributed by atoms with Crippen molar-refractivity contribution in [1.29, 1.82) is 0 Å². The summed E-state index contributed by atoms with van der Waals surface area (Å²) in [6.45, 7) is 0.0885. The first-order chi connectivity index (χ1) is 15.0. The quantitative estimate of drug-likeness (QED) is 0.527. The first kappa shape index (κ1) is 18.2. The molecule has 6 nitrogen and oxygen atoms in total. The van der Waals surface area contributed by atoms with E-state index >= 15 is 0 Å². The molecule has 1 N–H and O–H groups in total. The lowest BCUT2D eigenvalue weighted by Gasteiger charge is -2.17. The Morgan fingerprint density at radius 2 is 1.52 bits per heavy atom. The third-order valence-electron chi connectivity index (χ3n) is 7.13. The zero-order chi connectivity index (χ0) is 21.3. The number of rotatable bonds is 4. The molecule has 1 saturated heterocycles. The molecule has 3 amide bonds. The van der Waals surface area contributed by atoms with Gasteiger partial charge in [-0.2, -0.15) is 0 Å². The molecule has 154 valence electrons. The Kier molecular flexibility index (Phi) is 3.81. The van der Waals surface area contributed by atoms with E-state index in [2.05, 4.69) is 17.5 Å². The van der Waals surface area contributed by atoms with Gasteiger partial charge in [-0.1, -0.05) is 42.5 Å². The molecule has 2 aromatic rings. The molecule has 1 saturated carbocycles. The third-order valence-corrected chi connectivity index (χ3v) is 7.13. The van der Waals surface area contributed by atoms with Gasteiger partial charge in [0, 0.05) is 29.8 Å². The number of hydrogen-bond donors (Lipinski definition) is 1. The molecule has 1 aliphatic heterocycles. The maximum absolute atomic E-state index is 12.7. The van der Waals surface area contributed by atoms with Crippen molar-refractivity contribution in [2.75, 3.05) is 11.9 Å². The first-order valence-corrected chi connectivity index (χ1v) is 10.6. The number of nitrogens with zero attached hydrogens (tertiary/aromatic N) is 1. The molecular formula is C25H20N2O4. The van der Waals surface area contributed by atoms with Crippen LogP contribution in [0.4, 0.5) is 5.69 Å². The molecule has 0 radical (unpaired) electrons. The highest BCUT2D eigenvalue weighted by Crippen LogP contribution is 2.52. The number of ketones is 1. The van der Waals surface area contributed by atoms with Crippen LogP contribution in [-0.2, 0) is 14.4 Å². The molecule has 0 spiro atoms. The number of benzene rings is 2. The van der Waals surface area contributed by atoms with Crippen molar-refractivity contribution in [1.82, 2.24) is 4.90 Å². The van der Waals surface area contributed by atoms with Crippen LogP contribution in [0, 0.1) is 23.7 Å². The maximum Gasteiger partial charge on any atom is 0.233 e. The van der Waals surface area contributed by atoms with Crippen LogP contribution in [0.2, 0.25) is 0 Å². The lowest BCUT2D eigenvalue weighted by atomic mass is 9.85. The zero-order valence-electron chi connectivity index (χ0n) is 16.7. The summed E-state index contributed by atoms with van der Waals surface area (Å²) in [5.74, 6) is -0.769. The van der Waals surface area contributed by atoms with Gasteiger partial charge in [0.25, 0.3) is 0 Å². The Morgan fingerprint density at radius 1 is 0.871 bits per heavy atom. The molecule has 31 heavy (non-hydrogen) atoms. The normalized spacial score (nSPS) is 27.0. The maximum atomic E-state index is 12.7. The Morgan fingerprint density at radius 3 is 2.23 bits per heavy atom. The van der Waals surface area contributed by atoms with Gasteiger partial charge in [0.15, 0.2) is 5.78 Å². The van der Waals surface area contributed by atoms with Crippen molar-refractivity contribution in [2.24, 2.45) is 23.7 Å². The molecule has 4 atom stereocenters. The fourth-order valence-corrected chi connectivity index (χ4v) is 5.73. The van der Waals surface area contributed by atoms with E-state index in [-0.39, 0.29) is 60.1 Å². The second-order valence-electron chi connectivity index (χ2n) is 8.76. The number of fused-ring (bicyclic) bond motifs is 8. The van der Waals surface area contributed by atoms with Crippen LogP contribution in [0.5, 0.6) is 0 Å². The van der Waals surface area contributed by atoms with Crippen molar-refractivity contribution in [2.45, 2.75) is 12.8 Å². The van der Waals surface area contributed by atoms with Gasteiger partial charge in [-0.3, -0.25) is 24.1 Å². The number of carbonyl (C=O) groups is 4. The molecule has 0 unspecified atom stereocenters. The Bertz CT molecular complexity index is 1180. The van der Waals surface area contributed by atoms with Gasteiger partial charge in [0.2, 0.25) is 17.7 Å². The molecule has 2 bridgehead atoms. The molecule has 6 rings (SSSR count). The Hall–Kier alpha value is -3.54. The van der Waals surface area contributed by atoms with E-state index in [1.165, 1.54) is 4.90 Å². The predicted octanol–water partition coefficient (Wildman–Crippen LogP) is 3.03. The van der Waals surface area contributed by atoms with Crippen LogP contribution in [0.15, 0.2) is 54.6 Å². The molecule has 4 aliphatic rings. The van der Waals surface area contributed by atoms with Crippen molar-refractivity contribution >= 4 is 29.2 Å². The molecule has 2 fully saturated rings. The van der Waals surface area contributed by atoms with E-state index in [1.54, 1.807) is 18.2 Å². The van der Waals surface area contributed by atoms with Crippen molar-refractivity contribution in [3.63, 3.8) is 0 Å². The Labute approximate surface area is 178 Å². The number of hydrogen-bond acceptors (Lipinski definition) is 4. The van der Waals surface area contributed by atoms with Gasteiger partial charge in [-0.25, -0.2) is 0 Å². The van der Waals surface area contributed by atoms with Crippen molar-refractivity contribution in [3.05, 3.63) is 65.7 Å². The van der Waals surface area contributed by atoms with Crippen LogP contribution in [0.25, 0.3) is 11.1 Å². The van der Waals surface area contributed by atoms with E-state index in [1.807, 2.05) is 24.3 Å². The number of amides is 3. The fourth-order valence-electron chi connectivity index (χ4n) is 5.73. The minimum absolute atomic E-state index is 0.0327. The summed E-state index contributed by atoms with van der Waals surface area (Å²) in [4.78, 5) is 51.9. The van der Waals surface area contributed by atoms with Crippen LogP contribution >= 0.6 is 0 Å². The predicted molar refractivity (Wildman–Crippen MR) is 113 cm³/mol. The van der Waals surface area contributed by atoms with E-state index < -0.39 is 0 Å². The highest BCUT2D eigenvalue weighted by molar-refractivity contribution is 6.22. The zero-order valence-corrected chi connectivity index (χ0v) is 16.7. The first-order valence-electron chi connectivity index (χ1n) is 10.6. The second kappa shape index (κ2) is 6.48. The minimum Gasteiger partial charge on any atom is -0.326 e. The van der Waals surface area contributed by atoms with Crippen LogP contribution < -0.4 is 5.32 Å². The van der Waals surface area contributed by atoms with Crippen molar-refractivity contribution < 1.29 is 19.2 Å². The number of carbonyl (C=O) groups excluding carboxylic acids is 4. The highest BCUT2D eigenvalue weighted by Gasteiger charge is 2.59. The molecule has 2 aromatic carbocycles. The smallest absolute Gasteiger partial charge is 0.233 e. The number of anilines is 1. The summed E-state index contributed by atoms with van der Waals surface area (Å²) in [5, 5.41) is 2.80. The van der Waals surface area contributed by atoms with Gasteiger partial charge < -0.3 is 5.32 Å². The molecule has 3 aliphatic carbocycles. The lowest BCUT2D eigenvalue weighted by molar-refractivity contribution is -0.140. The average Bonchev–Trinajstić information content (AvgIpc) is 3.51. The van der Waals surface area contributed by atoms with Gasteiger partial charge in [-0.15, -0.1) is 0 Å². The molecule has 0 aromatic heterocycles. The molecule has 1 heterocycles. The van der Waals surface area contributed by atoms with Gasteiger partial charge in [0.05, 0.1) is 11.8 Å². The number of allylic oxidation sites excluding steroid dienone is 2. The summed E-state index contributed by atoms with van der Waals surface area (Å²) in [7, 11) is 0. The van der Waals surface area contributed by atoms with E-state index in [0.29, 0.717) is 16.8 Å². The summed E-state index contributed by atoms with van der Waals surface area (Å²) in [6, 6.07) is 12.7. The topological polar surface area (TPSA) is 83.6 Å². The third kappa shape index (κ3) is 2.57. The largest absolute Gasteiger partial charge is 0.326 e. The number of nitrogens with one attached hydrogen (secondary N) is 1. The number of imide groups is 1. The van der Waals surface area contributed by atoms with Gasteiger partial charge in [-0.05, 0) is 41.5 Å². The van der Waals surface area contributed by atoms with Crippen LogP contribution in [0.3, 0.4) is 0 Å². The summed E-state index contributed by atoms with van der Waals surface area (Å²) >= 11 is 0. The summed E-state index contributed by atoms with van der Waals surface area (Å²) in [6.07, 6.45) is 5.04. The van der Waals surface area contributed by atoms with Crippen LogP contribution in [-0.4, -0.2) is 34.9 Å². The van der Waals surface area contributed by atoms with E-state index in [9.17, 15) is 19.2 Å². The SMILES string of the molecule is O=C(CCN1C(=O)[C@H]2[C@H](C1=O)[C@H]1C=C[C@H]2C1)Nc1ccc2c(c1)C(=O)c1ccccc1-2. The molecular weight excluding hydrogens is 392 g/mol. The summed E-state index contributed by atoms with van der Waals surface area (Å²) in [5.41, 5.74) is 3.53. The summed E-state index contributed by atoms with van der Waals surface area (Å²) < 4.78 is 0. The van der Waals surface area contributed by atoms with Gasteiger partial charge in [0.1, 0.15) is 0 Å². The average molecular weight is 412 g/mol. The standard InChI is InChI=1S/C25H20N2O4/c28-20(9-10-27-24(30)21-13-5-6-14(11-13)22(21)25(27)31)26-15-7-8-17-16-3-1-2-4-18(16)23(29)19(17)12-15/h1-8,12-14,21-22H,9-11H2,(H,26,28)/t13-,14-,21+,22+/m0/s1. The van der Waals surface area contributed by atoms with Gasteiger partial charge >= 0.3 is 0 Å². The number of likely N-dealkylation sites (tertiary alicyclic amines) is 1. The fraction of sp³-hybridized carbons (Fsp3) is 0.280.